The zero-order chi connectivity index (χ0) is 13.8. The van der Waals surface area contributed by atoms with Crippen molar-refractivity contribution in [3.63, 3.8) is 0 Å². The molecule has 0 bridgehead atoms. The van der Waals surface area contributed by atoms with Gasteiger partial charge in [-0.1, -0.05) is 30.3 Å². The van der Waals surface area contributed by atoms with Crippen LogP contribution in [0.25, 0.3) is 0 Å². The molecule has 0 radical (unpaired) electrons. The first-order valence-corrected chi connectivity index (χ1v) is 6.72. The minimum Gasteiger partial charge on any atom is -0.468 e. The maximum atomic E-state index is 5.58. The van der Waals surface area contributed by atoms with Crippen molar-refractivity contribution in [2.24, 2.45) is 0 Å². The van der Waals surface area contributed by atoms with Crippen molar-refractivity contribution < 1.29 is 8.83 Å². The van der Waals surface area contributed by atoms with Crippen LogP contribution in [0.3, 0.4) is 0 Å². The van der Waals surface area contributed by atoms with Crippen LogP contribution in [-0.4, -0.2) is 0 Å². The van der Waals surface area contributed by atoms with E-state index in [2.05, 4.69) is 24.4 Å². The zero-order valence-corrected chi connectivity index (χ0v) is 11.3. The fraction of sp³-hybridized carbons (Fsp3) is 0.176. The minimum atomic E-state index is 0.00583. The van der Waals surface area contributed by atoms with Gasteiger partial charge in [-0.3, -0.25) is 5.32 Å². The molecule has 1 N–H and O–H groups in total. The first kappa shape index (κ1) is 12.8. The number of benzene rings is 1. The van der Waals surface area contributed by atoms with E-state index in [9.17, 15) is 0 Å². The SMILES string of the molecule is C[C@H](NC(c1ccccc1)c1ccco1)c1ccco1. The summed E-state index contributed by atoms with van der Waals surface area (Å²) in [6.45, 7) is 2.08. The molecule has 2 atom stereocenters. The number of hydrogen-bond acceptors (Lipinski definition) is 3. The second-order valence-corrected chi connectivity index (χ2v) is 4.76. The first-order chi connectivity index (χ1) is 9.84. The molecule has 0 aliphatic carbocycles. The van der Waals surface area contributed by atoms with Crippen LogP contribution < -0.4 is 5.32 Å². The average Bonchev–Trinajstić information content (AvgIpc) is 3.18. The molecular weight excluding hydrogens is 250 g/mol. The molecule has 2 heterocycles. The van der Waals surface area contributed by atoms with Crippen LogP contribution in [0.5, 0.6) is 0 Å². The highest BCUT2D eigenvalue weighted by molar-refractivity contribution is 5.27. The Balaban J connectivity index is 1.87. The Kier molecular flexibility index (Phi) is 3.70. The summed E-state index contributed by atoms with van der Waals surface area (Å²) in [5, 5.41) is 3.55. The highest BCUT2D eigenvalue weighted by Crippen LogP contribution is 2.26. The minimum absolute atomic E-state index is 0.00583. The van der Waals surface area contributed by atoms with Crippen LogP contribution in [0.4, 0.5) is 0 Å². The smallest absolute Gasteiger partial charge is 0.125 e. The van der Waals surface area contributed by atoms with Crippen molar-refractivity contribution in [1.82, 2.24) is 5.32 Å². The molecule has 0 fully saturated rings. The first-order valence-electron chi connectivity index (χ1n) is 6.72. The Bertz CT molecular complexity index is 614. The molecule has 3 aromatic rings. The lowest BCUT2D eigenvalue weighted by Crippen LogP contribution is -2.25. The fourth-order valence-electron chi connectivity index (χ4n) is 2.31. The predicted molar refractivity (Wildman–Crippen MR) is 77.3 cm³/mol. The summed E-state index contributed by atoms with van der Waals surface area (Å²) in [7, 11) is 0. The standard InChI is InChI=1S/C17H17NO2/c1-13(15-9-5-11-19-15)18-17(16-10-6-12-20-16)14-7-3-2-4-8-14/h2-13,17-18H,1H3/t13-,17?/m0/s1. The van der Waals surface area contributed by atoms with Crippen molar-refractivity contribution in [3.8, 4) is 0 Å². The molecule has 2 aromatic heterocycles. The average molecular weight is 267 g/mol. The van der Waals surface area contributed by atoms with Crippen molar-refractivity contribution in [1.29, 1.82) is 0 Å². The lowest BCUT2D eigenvalue weighted by Gasteiger charge is -2.21. The monoisotopic (exact) mass is 267 g/mol. The second-order valence-electron chi connectivity index (χ2n) is 4.76. The summed E-state index contributed by atoms with van der Waals surface area (Å²) in [5.74, 6) is 1.81. The molecule has 102 valence electrons. The van der Waals surface area contributed by atoms with Gasteiger partial charge >= 0.3 is 0 Å². The van der Waals surface area contributed by atoms with E-state index in [0.29, 0.717) is 0 Å². The van der Waals surface area contributed by atoms with Gasteiger partial charge in [0, 0.05) is 0 Å². The van der Waals surface area contributed by atoms with Crippen molar-refractivity contribution in [2.45, 2.75) is 19.0 Å². The predicted octanol–water partition coefficient (Wildman–Crippen LogP) is 4.31. The van der Waals surface area contributed by atoms with Gasteiger partial charge < -0.3 is 8.83 Å². The third-order valence-corrected chi connectivity index (χ3v) is 3.35. The van der Waals surface area contributed by atoms with Gasteiger partial charge in [-0.05, 0) is 36.8 Å². The number of rotatable bonds is 5. The van der Waals surface area contributed by atoms with E-state index in [0.717, 1.165) is 11.5 Å². The summed E-state index contributed by atoms with van der Waals surface area (Å²) in [6, 6.07) is 18.1. The van der Waals surface area contributed by atoms with Gasteiger partial charge in [-0.2, -0.15) is 0 Å². The van der Waals surface area contributed by atoms with Gasteiger partial charge in [0.25, 0.3) is 0 Å². The van der Waals surface area contributed by atoms with E-state index in [1.54, 1.807) is 12.5 Å². The van der Waals surface area contributed by atoms with E-state index in [1.807, 2.05) is 42.5 Å². The van der Waals surface area contributed by atoms with Gasteiger partial charge in [-0.15, -0.1) is 0 Å². The molecular formula is C17H17NO2. The summed E-state index contributed by atoms with van der Waals surface area (Å²) in [5.41, 5.74) is 1.17. The van der Waals surface area contributed by atoms with Gasteiger partial charge in [-0.25, -0.2) is 0 Å². The van der Waals surface area contributed by atoms with Crippen LogP contribution in [0.2, 0.25) is 0 Å². The third-order valence-electron chi connectivity index (χ3n) is 3.35. The van der Waals surface area contributed by atoms with Crippen molar-refractivity contribution >= 4 is 0 Å². The van der Waals surface area contributed by atoms with E-state index >= 15 is 0 Å². The van der Waals surface area contributed by atoms with Gasteiger partial charge in [0.2, 0.25) is 0 Å². The topological polar surface area (TPSA) is 38.3 Å². The molecule has 0 saturated carbocycles. The van der Waals surface area contributed by atoms with E-state index < -0.39 is 0 Å². The Morgan fingerprint density at radius 2 is 1.45 bits per heavy atom. The lowest BCUT2D eigenvalue weighted by molar-refractivity contribution is 0.378. The largest absolute Gasteiger partial charge is 0.468 e. The Morgan fingerprint density at radius 3 is 2.05 bits per heavy atom. The lowest BCUT2D eigenvalue weighted by atomic mass is 10.0. The van der Waals surface area contributed by atoms with E-state index in [4.69, 9.17) is 8.83 Å². The highest BCUT2D eigenvalue weighted by atomic mass is 16.3. The molecule has 20 heavy (non-hydrogen) atoms. The molecule has 3 nitrogen and oxygen atoms in total. The molecule has 0 aliphatic rings. The maximum Gasteiger partial charge on any atom is 0.125 e. The van der Waals surface area contributed by atoms with Crippen molar-refractivity contribution in [3.05, 3.63) is 84.2 Å². The molecule has 0 saturated heterocycles. The maximum absolute atomic E-state index is 5.58. The van der Waals surface area contributed by atoms with E-state index in [1.165, 1.54) is 5.56 Å². The summed E-state index contributed by atoms with van der Waals surface area (Å²) >= 11 is 0. The summed E-state index contributed by atoms with van der Waals surface area (Å²) in [6.07, 6.45) is 3.39. The molecule has 3 heteroatoms. The van der Waals surface area contributed by atoms with Gasteiger partial charge in [0.1, 0.15) is 11.5 Å². The van der Waals surface area contributed by atoms with Crippen LogP contribution in [-0.2, 0) is 0 Å². The highest BCUT2D eigenvalue weighted by Gasteiger charge is 2.20. The van der Waals surface area contributed by atoms with Crippen LogP contribution in [0.1, 0.15) is 36.1 Å². The van der Waals surface area contributed by atoms with Gasteiger partial charge in [0.05, 0.1) is 24.6 Å². The third kappa shape index (κ3) is 2.68. The number of hydrogen-bond donors (Lipinski definition) is 1. The molecule has 0 amide bonds. The van der Waals surface area contributed by atoms with Gasteiger partial charge in [0.15, 0.2) is 0 Å². The van der Waals surface area contributed by atoms with Crippen molar-refractivity contribution in [2.75, 3.05) is 0 Å². The number of nitrogens with one attached hydrogen (secondary N) is 1. The zero-order valence-electron chi connectivity index (χ0n) is 11.3. The molecule has 0 spiro atoms. The van der Waals surface area contributed by atoms with E-state index in [-0.39, 0.29) is 12.1 Å². The Morgan fingerprint density at radius 1 is 0.800 bits per heavy atom. The van der Waals surface area contributed by atoms with Crippen LogP contribution in [0, 0.1) is 0 Å². The second kappa shape index (κ2) is 5.80. The molecule has 0 aliphatic heterocycles. The molecule has 1 aromatic carbocycles. The Hall–Kier alpha value is -2.26. The number of furan rings is 2. The molecule has 3 rings (SSSR count). The molecule has 1 unspecified atom stereocenters. The fourth-order valence-corrected chi connectivity index (χ4v) is 2.31. The van der Waals surface area contributed by atoms with Crippen LogP contribution >= 0.6 is 0 Å². The summed E-state index contributed by atoms with van der Waals surface area (Å²) in [4.78, 5) is 0. The quantitative estimate of drug-likeness (QED) is 0.748. The summed E-state index contributed by atoms with van der Waals surface area (Å²) < 4.78 is 11.0. The van der Waals surface area contributed by atoms with Crippen LogP contribution in [0.15, 0.2) is 76.0 Å². The Labute approximate surface area is 118 Å². The normalized spacial score (nSPS) is 14.1.